The van der Waals surface area contributed by atoms with Crippen molar-refractivity contribution in [1.82, 2.24) is 10.2 Å². The third-order valence-electron chi connectivity index (χ3n) is 3.09. The second-order valence-electron chi connectivity index (χ2n) is 4.06. The molecule has 1 saturated carbocycles. The number of nitrogens with zero attached hydrogens (tertiary/aromatic N) is 1. The summed E-state index contributed by atoms with van der Waals surface area (Å²) in [5.41, 5.74) is -0.191. The molecule has 2 fully saturated rings. The Kier molecular flexibility index (Phi) is 1.56. The van der Waals surface area contributed by atoms with Gasteiger partial charge in [-0.2, -0.15) is 0 Å². The molecule has 14 heavy (non-hydrogen) atoms. The zero-order chi connectivity index (χ0) is 9.76. The highest BCUT2D eigenvalue weighted by molar-refractivity contribution is 7.10. The van der Waals surface area contributed by atoms with Crippen molar-refractivity contribution < 1.29 is 4.79 Å². The first-order chi connectivity index (χ1) is 6.73. The number of hydrogen-bond acceptors (Lipinski definition) is 3. The SMILES string of the molecule is CN1C(=O)C2(CC2)NC1c1cccs1. The predicted octanol–water partition coefficient (Wildman–Crippen LogP) is 1.34. The standard InChI is InChI=1S/C10H12N2OS/c1-12-8(7-3-2-6-14-7)11-10(4-5-10)9(12)13/h2-3,6,8,11H,4-5H2,1H3. The van der Waals surface area contributed by atoms with Crippen molar-refractivity contribution in [2.75, 3.05) is 7.05 Å². The van der Waals surface area contributed by atoms with E-state index in [9.17, 15) is 4.79 Å². The fraction of sp³-hybridized carbons (Fsp3) is 0.500. The van der Waals surface area contributed by atoms with Crippen LogP contribution in [0.15, 0.2) is 17.5 Å². The monoisotopic (exact) mass is 208 g/mol. The van der Waals surface area contributed by atoms with Crippen molar-refractivity contribution in [3.8, 4) is 0 Å². The number of likely N-dealkylation sites (N-methyl/N-ethyl adjacent to an activating group) is 1. The highest BCUT2D eigenvalue weighted by Crippen LogP contribution is 2.45. The molecule has 3 rings (SSSR count). The highest BCUT2D eigenvalue weighted by Gasteiger charge is 2.58. The van der Waals surface area contributed by atoms with Gasteiger partial charge in [-0.1, -0.05) is 6.07 Å². The topological polar surface area (TPSA) is 32.3 Å². The van der Waals surface area contributed by atoms with Crippen LogP contribution in [0.5, 0.6) is 0 Å². The number of hydrogen-bond donors (Lipinski definition) is 1. The second kappa shape index (κ2) is 2.58. The molecule has 0 radical (unpaired) electrons. The van der Waals surface area contributed by atoms with Gasteiger partial charge in [-0.3, -0.25) is 10.1 Å². The van der Waals surface area contributed by atoms with Crippen LogP contribution >= 0.6 is 11.3 Å². The van der Waals surface area contributed by atoms with Gasteiger partial charge in [0.05, 0.1) is 0 Å². The van der Waals surface area contributed by atoms with Crippen molar-refractivity contribution in [3.05, 3.63) is 22.4 Å². The molecule has 74 valence electrons. The quantitative estimate of drug-likeness (QED) is 0.755. The van der Waals surface area contributed by atoms with E-state index in [0.29, 0.717) is 0 Å². The summed E-state index contributed by atoms with van der Waals surface area (Å²) in [4.78, 5) is 14.9. The lowest BCUT2D eigenvalue weighted by atomic mass is 10.3. The average Bonchev–Trinajstić information content (AvgIpc) is 2.68. The lowest BCUT2D eigenvalue weighted by Gasteiger charge is -2.17. The minimum Gasteiger partial charge on any atom is -0.324 e. The number of carbonyl (C=O) groups excluding carboxylic acids is 1. The van der Waals surface area contributed by atoms with Gasteiger partial charge >= 0.3 is 0 Å². The first-order valence-electron chi connectivity index (χ1n) is 4.81. The van der Waals surface area contributed by atoms with Gasteiger partial charge in [-0.25, -0.2) is 0 Å². The maximum atomic E-state index is 11.9. The number of nitrogens with one attached hydrogen (secondary N) is 1. The Bertz CT molecular complexity index is 369. The van der Waals surface area contributed by atoms with Crippen LogP contribution in [-0.4, -0.2) is 23.4 Å². The van der Waals surface area contributed by atoms with Crippen molar-refractivity contribution in [2.45, 2.75) is 24.5 Å². The molecule has 1 aliphatic heterocycles. The molecule has 1 aliphatic carbocycles. The van der Waals surface area contributed by atoms with E-state index in [1.54, 1.807) is 11.3 Å². The molecule has 2 aliphatic rings. The third-order valence-corrected chi connectivity index (χ3v) is 4.02. The molecule has 1 amide bonds. The van der Waals surface area contributed by atoms with Crippen molar-refractivity contribution in [3.63, 3.8) is 0 Å². The first kappa shape index (κ1) is 8.44. The molecular weight excluding hydrogens is 196 g/mol. The van der Waals surface area contributed by atoms with Crippen LogP contribution in [0.2, 0.25) is 0 Å². The highest BCUT2D eigenvalue weighted by atomic mass is 32.1. The van der Waals surface area contributed by atoms with Crippen LogP contribution in [0.1, 0.15) is 23.9 Å². The maximum absolute atomic E-state index is 11.9. The van der Waals surface area contributed by atoms with E-state index in [4.69, 9.17) is 0 Å². The third kappa shape index (κ3) is 0.980. The van der Waals surface area contributed by atoms with Crippen molar-refractivity contribution in [2.24, 2.45) is 0 Å². The average molecular weight is 208 g/mol. The number of carbonyl (C=O) groups is 1. The molecule has 2 heterocycles. The summed E-state index contributed by atoms with van der Waals surface area (Å²) >= 11 is 1.70. The molecule has 1 atom stereocenters. The number of rotatable bonds is 1. The van der Waals surface area contributed by atoms with E-state index in [1.807, 2.05) is 23.4 Å². The predicted molar refractivity (Wildman–Crippen MR) is 54.9 cm³/mol. The largest absolute Gasteiger partial charge is 0.324 e. The summed E-state index contributed by atoms with van der Waals surface area (Å²) in [6, 6.07) is 4.10. The summed E-state index contributed by atoms with van der Waals surface area (Å²) in [5, 5.41) is 5.48. The molecule has 1 N–H and O–H groups in total. The molecule has 1 aromatic heterocycles. The smallest absolute Gasteiger partial charge is 0.244 e. The maximum Gasteiger partial charge on any atom is 0.244 e. The van der Waals surface area contributed by atoms with Gasteiger partial charge in [-0.05, 0) is 24.3 Å². The fourth-order valence-electron chi connectivity index (χ4n) is 2.07. The van der Waals surface area contributed by atoms with Gasteiger partial charge in [-0.15, -0.1) is 11.3 Å². The van der Waals surface area contributed by atoms with Crippen LogP contribution < -0.4 is 5.32 Å². The Balaban J connectivity index is 1.93. The Hall–Kier alpha value is -0.870. The molecule has 0 bridgehead atoms. The van der Waals surface area contributed by atoms with Crippen molar-refractivity contribution in [1.29, 1.82) is 0 Å². The van der Waals surface area contributed by atoms with E-state index < -0.39 is 0 Å². The van der Waals surface area contributed by atoms with Gasteiger partial charge in [0.25, 0.3) is 0 Å². The molecule has 1 unspecified atom stereocenters. The van der Waals surface area contributed by atoms with E-state index >= 15 is 0 Å². The summed E-state index contributed by atoms with van der Waals surface area (Å²) in [6.45, 7) is 0. The van der Waals surface area contributed by atoms with Crippen LogP contribution in [-0.2, 0) is 4.79 Å². The number of thiophene rings is 1. The van der Waals surface area contributed by atoms with E-state index in [1.165, 1.54) is 4.88 Å². The summed E-state index contributed by atoms with van der Waals surface area (Å²) < 4.78 is 0. The van der Waals surface area contributed by atoms with Gasteiger partial charge in [0.2, 0.25) is 5.91 Å². The lowest BCUT2D eigenvalue weighted by molar-refractivity contribution is -0.129. The van der Waals surface area contributed by atoms with Gasteiger partial charge < -0.3 is 4.90 Å². The Morgan fingerprint density at radius 2 is 2.43 bits per heavy atom. The van der Waals surface area contributed by atoms with Crippen molar-refractivity contribution >= 4 is 17.2 Å². The fourth-order valence-corrected chi connectivity index (χ4v) is 2.88. The van der Waals surface area contributed by atoms with Gasteiger partial charge in [0, 0.05) is 11.9 Å². The van der Waals surface area contributed by atoms with Gasteiger partial charge in [0.1, 0.15) is 11.7 Å². The van der Waals surface area contributed by atoms with E-state index in [-0.39, 0.29) is 17.6 Å². The van der Waals surface area contributed by atoms with E-state index in [2.05, 4.69) is 11.4 Å². The van der Waals surface area contributed by atoms with Crippen LogP contribution in [0.4, 0.5) is 0 Å². The normalized spacial score (nSPS) is 28.8. The lowest BCUT2D eigenvalue weighted by Crippen LogP contribution is -2.30. The molecule has 4 heteroatoms. The molecular formula is C10H12N2OS. The van der Waals surface area contributed by atoms with E-state index in [0.717, 1.165) is 12.8 Å². The number of amides is 1. The molecule has 1 spiro atoms. The van der Waals surface area contributed by atoms with Gasteiger partial charge in [0.15, 0.2) is 0 Å². The second-order valence-corrected chi connectivity index (χ2v) is 5.04. The van der Waals surface area contributed by atoms with Crippen LogP contribution in [0, 0.1) is 0 Å². The molecule has 0 aromatic carbocycles. The Morgan fingerprint density at radius 3 is 2.93 bits per heavy atom. The van der Waals surface area contributed by atoms with Crippen LogP contribution in [0.25, 0.3) is 0 Å². The zero-order valence-corrected chi connectivity index (χ0v) is 8.80. The summed E-state index contributed by atoms with van der Waals surface area (Å²) in [6.07, 6.45) is 2.10. The molecule has 3 nitrogen and oxygen atoms in total. The zero-order valence-electron chi connectivity index (χ0n) is 7.99. The Morgan fingerprint density at radius 1 is 1.64 bits per heavy atom. The molecule has 1 aromatic rings. The van der Waals surface area contributed by atoms with Crippen LogP contribution in [0.3, 0.4) is 0 Å². The molecule has 1 saturated heterocycles. The first-order valence-corrected chi connectivity index (χ1v) is 5.69. The minimum absolute atomic E-state index is 0.102. The Labute approximate surface area is 86.7 Å². The summed E-state index contributed by atoms with van der Waals surface area (Å²) in [7, 11) is 1.88. The minimum atomic E-state index is -0.191. The summed E-state index contributed by atoms with van der Waals surface area (Å²) in [5.74, 6) is 0.260.